The fourth-order valence-electron chi connectivity index (χ4n) is 2.66. The maximum atomic E-state index is 14.4. The molecule has 0 heterocycles. The van der Waals surface area contributed by atoms with Crippen molar-refractivity contribution in [2.45, 2.75) is 64.5 Å². The molecule has 2 rings (SSSR count). The van der Waals surface area contributed by atoms with Gasteiger partial charge in [0.1, 0.15) is 5.82 Å². The highest BCUT2D eigenvalue weighted by Crippen LogP contribution is 2.36. The lowest BCUT2D eigenvalue weighted by molar-refractivity contribution is 0.597. The third-order valence-electron chi connectivity index (χ3n) is 4.10. The summed E-state index contributed by atoms with van der Waals surface area (Å²) in [6.45, 7) is 5.22. The van der Waals surface area contributed by atoms with Crippen LogP contribution in [0.4, 0.5) is 10.1 Å². The Labute approximate surface area is 122 Å². The van der Waals surface area contributed by atoms with Crippen LogP contribution in [0.25, 0.3) is 0 Å². The molecule has 0 aromatic heterocycles. The van der Waals surface area contributed by atoms with Crippen LogP contribution < -0.4 is 10.6 Å². The number of benzene rings is 1. The quantitative estimate of drug-likeness (QED) is 0.782. The van der Waals surface area contributed by atoms with Crippen molar-refractivity contribution < 1.29 is 4.39 Å². The van der Waals surface area contributed by atoms with Gasteiger partial charge in [0.25, 0.3) is 0 Å². The van der Waals surface area contributed by atoms with E-state index in [4.69, 9.17) is 5.73 Å². The lowest BCUT2D eigenvalue weighted by atomic mass is 10.0. The molecule has 0 radical (unpaired) electrons. The third kappa shape index (κ3) is 3.72. The molecule has 1 saturated carbocycles. The second-order valence-electron chi connectivity index (χ2n) is 5.90. The van der Waals surface area contributed by atoms with E-state index < -0.39 is 0 Å². The maximum Gasteiger partial charge on any atom is 0.146 e. The molecule has 1 aromatic carbocycles. The van der Waals surface area contributed by atoms with Gasteiger partial charge in [0.05, 0.1) is 5.69 Å². The summed E-state index contributed by atoms with van der Waals surface area (Å²) >= 11 is 0. The van der Waals surface area contributed by atoms with Gasteiger partial charge in [-0.1, -0.05) is 32.4 Å². The number of nitrogens with two attached hydrogens (primary N) is 1. The van der Waals surface area contributed by atoms with Crippen molar-refractivity contribution in [3.05, 3.63) is 29.6 Å². The molecule has 0 spiro atoms. The highest BCUT2D eigenvalue weighted by molar-refractivity contribution is 5.57. The number of rotatable bonds is 8. The average Bonchev–Trinajstić information content (AvgIpc) is 3.26. The summed E-state index contributed by atoms with van der Waals surface area (Å²) in [4.78, 5) is 2.29. The van der Waals surface area contributed by atoms with E-state index in [1.54, 1.807) is 12.1 Å². The Morgan fingerprint density at radius 2 is 2.10 bits per heavy atom. The van der Waals surface area contributed by atoms with Crippen LogP contribution in [-0.4, -0.2) is 18.6 Å². The molecule has 20 heavy (non-hydrogen) atoms. The minimum atomic E-state index is -0.0891. The highest BCUT2D eigenvalue weighted by Gasteiger charge is 2.31. The summed E-state index contributed by atoms with van der Waals surface area (Å²) in [5.74, 6) is -0.0891. The van der Waals surface area contributed by atoms with Gasteiger partial charge in [-0.15, -0.1) is 0 Å². The average molecular weight is 278 g/mol. The van der Waals surface area contributed by atoms with Crippen LogP contribution in [0.15, 0.2) is 18.2 Å². The summed E-state index contributed by atoms with van der Waals surface area (Å²) in [5, 5.41) is 0. The van der Waals surface area contributed by atoms with Crippen molar-refractivity contribution in [3.8, 4) is 0 Å². The van der Waals surface area contributed by atoms with Crippen molar-refractivity contribution in [3.63, 3.8) is 0 Å². The maximum absolute atomic E-state index is 14.4. The van der Waals surface area contributed by atoms with Gasteiger partial charge in [-0.25, -0.2) is 4.39 Å². The van der Waals surface area contributed by atoms with Crippen molar-refractivity contribution >= 4 is 5.69 Å². The minimum absolute atomic E-state index is 0.0891. The molecule has 1 aromatic rings. The topological polar surface area (TPSA) is 29.3 Å². The van der Waals surface area contributed by atoms with Crippen LogP contribution >= 0.6 is 0 Å². The van der Waals surface area contributed by atoms with Gasteiger partial charge in [-0.3, -0.25) is 0 Å². The van der Waals surface area contributed by atoms with Crippen LogP contribution in [0.3, 0.4) is 0 Å². The van der Waals surface area contributed by atoms with Gasteiger partial charge in [0, 0.05) is 18.6 Å². The largest absolute Gasteiger partial charge is 0.366 e. The molecule has 1 unspecified atom stereocenters. The number of unbranched alkanes of at least 4 members (excludes halogenated alkanes) is 1. The number of para-hydroxylation sites is 1. The van der Waals surface area contributed by atoms with Gasteiger partial charge >= 0.3 is 0 Å². The first-order valence-electron chi connectivity index (χ1n) is 7.97. The molecular weight excluding hydrogens is 251 g/mol. The van der Waals surface area contributed by atoms with Crippen LogP contribution in [0.1, 0.15) is 51.5 Å². The number of hydrogen-bond acceptors (Lipinski definition) is 2. The molecular formula is C17H27FN2. The number of nitrogens with zero attached hydrogens (tertiary/aromatic N) is 1. The van der Waals surface area contributed by atoms with E-state index >= 15 is 0 Å². The summed E-state index contributed by atoms with van der Waals surface area (Å²) < 4.78 is 14.4. The molecule has 1 atom stereocenters. The molecule has 0 amide bonds. The highest BCUT2D eigenvalue weighted by atomic mass is 19.1. The van der Waals surface area contributed by atoms with E-state index in [1.807, 2.05) is 6.07 Å². The SMILES string of the molecule is CCCCN(c1c(F)cccc1CC(N)CC)C1CC1. The molecule has 0 bridgehead atoms. The minimum Gasteiger partial charge on any atom is -0.366 e. The lowest BCUT2D eigenvalue weighted by Gasteiger charge is -2.28. The van der Waals surface area contributed by atoms with Gasteiger partial charge in [-0.2, -0.15) is 0 Å². The predicted molar refractivity (Wildman–Crippen MR) is 83.6 cm³/mol. The van der Waals surface area contributed by atoms with E-state index in [0.29, 0.717) is 6.04 Å². The number of halogens is 1. The fourth-order valence-corrected chi connectivity index (χ4v) is 2.66. The van der Waals surface area contributed by atoms with E-state index in [9.17, 15) is 4.39 Å². The van der Waals surface area contributed by atoms with E-state index in [1.165, 1.54) is 12.8 Å². The molecule has 3 heteroatoms. The summed E-state index contributed by atoms with van der Waals surface area (Å²) in [6.07, 6.45) is 6.33. The monoisotopic (exact) mass is 278 g/mol. The van der Waals surface area contributed by atoms with E-state index in [0.717, 1.165) is 43.5 Å². The van der Waals surface area contributed by atoms with E-state index in [-0.39, 0.29) is 11.9 Å². The molecule has 2 N–H and O–H groups in total. The first kappa shape index (κ1) is 15.3. The Balaban J connectivity index is 2.26. The molecule has 1 fully saturated rings. The Bertz CT molecular complexity index is 429. The Kier molecular flexibility index (Phi) is 5.41. The molecule has 0 saturated heterocycles. The molecule has 2 nitrogen and oxygen atoms in total. The molecule has 1 aliphatic rings. The third-order valence-corrected chi connectivity index (χ3v) is 4.10. The lowest BCUT2D eigenvalue weighted by Crippen LogP contribution is -2.30. The summed E-state index contributed by atoms with van der Waals surface area (Å²) in [6, 6.07) is 6.08. The number of anilines is 1. The zero-order chi connectivity index (χ0) is 14.5. The number of hydrogen-bond donors (Lipinski definition) is 1. The summed E-state index contributed by atoms with van der Waals surface area (Å²) in [7, 11) is 0. The van der Waals surface area contributed by atoms with Gasteiger partial charge in [-0.05, 0) is 43.7 Å². The molecule has 0 aliphatic heterocycles. The summed E-state index contributed by atoms with van der Waals surface area (Å²) in [5.41, 5.74) is 7.96. The zero-order valence-corrected chi connectivity index (χ0v) is 12.7. The smallest absolute Gasteiger partial charge is 0.146 e. The van der Waals surface area contributed by atoms with Gasteiger partial charge in [0.2, 0.25) is 0 Å². The molecule has 1 aliphatic carbocycles. The van der Waals surface area contributed by atoms with Crippen LogP contribution in [-0.2, 0) is 6.42 Å². The molecule has 112 valence electrons. The zero-order valence-electron chi connectivity index (χ0n) is 12.7. The second-order valence-corrected chi connectivity index (χ2v) is 5.90. The Morgan fingerprint density at radius 3 is 2.70 bits per heavy atom. The van der Waals surface area contributed by atoms with Crippen LogP contribution in [0.2, 0.25) is 0 Å². The normalized spacial score (nSPS) is 16.2. The van der Waals surface area contributed by atoms with Crippen molar-refractivity contribution in [1.82, 2.24) is 0 Å². The van der Waals surface area contributed by atoms with Crippen molar-refractivity contribution in [2.24, 2.45) is 5.73 Å². The van der Waals surface area contributed by atoms with Gasteiger partial charge < -0.3 is 10.6 Å². The van der Waals surface area contributed by atoms with E-state index in [2.05, 4.69) is 18.7 Å². The first-order valence-corrected chi connectivity index (χ1v) is 7.97. The standard InChI is InChI=1S/C17H27FN2/c1-3-5-11-20(15-9-10-15)17-13(12-14(19)4-2)7-6-8-16(17)18/h6-8,14-15H,3-5,9-12,19H2,1-2H3. The second kappa shape index (κ2) is 7.07. The van der Waals surface area contributed by atoms with Crippen LogP contribution in [0.5, 0.6) is 0 Å². The Morgan fingerprint density at radius 1 is 1.35 bits per heavy atom. The predicted octanol–water partition coefficient (Wildman–Crippen LogP) is 3.87. The Hall–Kier alpha value is -1.09. The van der Waals surface area contributed by atoms with Crippen molar-refractivity contribution in [1.29, 1.82) is 0 Å². The van der Waals surface area contributed by atoms with Crippen molar-refractivity contribution in [2.75, 3.05) is 11.4 Å². The fraction of sp³-hybridized carbons (Fsp3) is 0.647. The van der Waals surface area contributed by atoms with Gasteiger partial charge in [0.15, 0.2) is 0 Å². The van der Waals surface area contributed by atoms with Crippen LogP contribution in [0, 0.1) is 5.82 Å². The first-order chi connectivity index (χ1) is 9.67.